The van der Waals surface area contributed by atoms with Crippen LogP contribution in [0.1, 0.15) is 25.5 Å². The summed E-state index contributed by atoms with van der Waals surface area (Å²) in [4.78, 5) is 11.3. The first-order valence-electron chi connectivity index (χ1n) is 4.55. The van der Waals surface area contributed by atoms with Crippen molar-refractivity contribution in [3.8, 4) is 0 Å². The molecule has 78 valence electrons. The summed E-state index contributed by atoms with van der Waals surface area (Å²) in [6.45, 7) is 2.50. The van der Waals surface area contributed by atoms with Crippen LogP contribution < -0.4 is 0 Å². The van der Waals surface area contributed by atoms with Crippen LogP contribution in [-0.4, -0.2) is 22.5 Å². The minimum absolute atomic E-state index is 0.411. The Morgan fingerprint density at radius 3 is 3.07 bits per heavy atom. The van der Waals surface area contributed by atoms with Gasteiger partial charge in [-0.1, -0.05) is 29.3 Å². The van der Waals surface area contributed by atoms with E-state index >= 15 is 0 Å². The number of halogens is 1. The van der Waals surface area contributed by atoms with Crippen LogP contribution in [0, 0.1) is 0 Å². The number of hydrogen-bond acceptors (Lipinski definition) is 3. The first-order valence-corrected chi connectivity index (χ1v) is 5.67. The van der Waals surface area contributed by atoms with E-state index < -0.39 is 6.09 Å². The summed E-state index contributed by atoms with van der Waals surface area (Å²) in [5.74, 6) is 0. The molecule has 0 aliphatic heterocycles. The number of rotatable bonds is 4. The van der Waals surface area contributed by atoms with Crippen molar-refractivity contribution < 1.29 is 9.53 Å². The van der Waals surface area contributed by atoms with Gasteiger partial charge in [-0.05, 0) is 12.5 Å². The Morgan fingerprint density at radius 2 is 2.50 bits per heavy atom. The van der Waals surface area contributed by atoms with E-state index in [9.17, 15) is 4.79 Å². The largest absolute Gasteiger partial charge is 0.448 e. The van der Waals surface area contributed by atoms with Gasteiger partial charge in [0, 0.05) is 11.5 Å². The zero-order valence-corrected chi connectivity index (χ0v) is 9.66. The van der Waals surface area contributed by atoms with E-state index in [4.69, 9.17) is 4.74 Å². The van der Waals surface area contributed by atoms with E-state index in [1.807, 2.05) is 6.92 Å². The molecule has 1 rings (SSSR count). The highest BCUT2D eigenvalue weighted by molar-refractivity contribution is 9.08. The average Bonchev–Trinajstić information content (AvgIpc) is 2.66. The molecule has 4 nitrogen and oxygen atoms in total. The Labute approximate surface area is 91.4 Å². The molecule has 5 heteroatoms. The maximum Gasteiger partial charge on any atom is 0.434 e. The molecule has 14 heavy (non-hydrogen) atoms. The minimum Gasteiger partial charge on any atom is -0.448 e. The third-order valence-corrected chi connectivity index (χ3v) is 2.27. The van der Waals surface area contributed by atoms with Gasteiger partial charge >= 0.3 is 6.09 Å². The van der Waals surface area contributed by atoms with Gasteiger partial charge in [-0.25, -0.2) is 4.79 Å². The number of unbranched alkanes of at least 4 members (excludes halogenated alkanes) is 1. The predicted molar refractivity (Wildman–Crippen MR) is 56.5 cm³/mol. The quantitative estimate of drug-likeness (QED) is 0.618. The van der Waals surface area contributed by atoms with Gasteiger partial charge < -0.3 is 4.74 Å². The molecule has 0 saturated heterocycles. The zero-order chi connectivity index (χ0) is 10.4. The van der Waals surface area contributed by atoms with Gasteiger partial charge in [-0.2, -0.15) is 9.78 Å². The smallest absolute Gasteiger partial charge is 0.434 e. The molecule has 1 aromatic rings. The van der Waals surface area contributed by atoms with E-state index in [0.29, 0.717) is 11.9 Å². The summed E-state index contributed by atoms with van der Waals surface area (Å²) in [6.07, 6.45) is 3.09. The summed E-state index contributed by atoms with van der Waals surface area (Å²) in [5.41, 5.74) is 0.817. The van der Waals surface area contributed by atoms with Crippen molar-refractivity contribution in [2.24, 2.45) is 0 Å². The molecule has 0 bridgehead atoms. The topological polar surface area (TPSA) is 44.1 Å². The summed E-state index contributed by atoms with van der Waals surface area (Å²) in [5, 5.41) is 4.64. The molecular weight excluding hydrogens is 248 g/mol. The van der Waals surface area contributed by atoms with Crippen molar-refractivity contribution in [1.82, 2.24) is 9.78 Å². The second kappa shape index (κ2) is 5.80. The van der Waals surface area contributed by atoms with Crippen molar-refractivity contribution in [2.45, 2.75) is 25.1 Å². The maximum atomic E-state index is 11.3. The van der Waals surface area contributed by atoms with E-state index in [0.717, 1.165) is 18.5 Å². The molecule has 0 saturated carbocycles. The third-order valence-electron chi connectivity index (χ3n) is 1.69. The predicted octanol–water partition coefficient (Wildman–Crippen LogP) is 2.56. The molecule has 0 amide bonds. The van der Waals surface area contributed by atoms with Crippen LogP contribution in [0.5, 0.6) is 0 Å². The molecular formula is C9H13BrN2O2. The lowest BCUT2D eigenvalue weighted by Gasteiger charge is -2.02. The van der Waals surface area contributed by atoms with Gasteiger partial charge in [0.1, 0.15) is 0 Å². The number of alkyl halides is 1. The van der Waals surface area contributed by atoms with E-state index in [-0.39, 0.29) is 0 Å². The van der Waals surface area contributed by atoms with Gasteiger partial charge in [0.05, 0.1) is 12.3 Å². The number of aromatic nitrogens is 2. The maximum absolute atomic E-state index is 11.3. The van der Waals surface area contributed by atoms with E-state index in [1.54, 1.807) is 12.3 Å². The summed E-state index contributed by atoms with van der Waals surface area (Å²) >= 11 is 3.26. The first kappa shape index (κ1) is 11.2. The lowest BCUT2D eigenvalue weighted by molar-refractivity contribution is 0.142. The Kier molecular flexibility index (Phi) is 4.65. The molecule has 0 radical (unpaired) electrons. The zero-order valence-electron chi connectivity index (χ0n) is 8.07. The van der Waals surface area contributed by atoms with Crippen LogP contribution in [-0.2, 0) is 10.1 Å². The SMILES string of the molecule is CCCCOC(=O)n1ccc(CBr)n1. The molecule has 0 aliphatic rings. The van der Waals surface area contributed by atoms with Gasteiger partial charge in [0.15, 0.2) is 0 Å². The second-order valence-corrected chi connectivity index (χ2v) is 3.41. The van der Waals surface area contributed by atoms with Gasteiger partial charge in [-0.15, -0.1) is 0 Å². The number of hydrogen-bond donors (Lipinski definition) is 0. The lowest BCUT2D eigenvalue weighted by atomic mass is 10.4. The first-order chi connectivity index (χ1) is 6.77. The molecule has 0 spiro atoms. The van der Waals surface area contributed by atoms with Crippen LogP contribution in [0.2, 0.25) is 0 Å². The molecule has 1 heterocycles. The third kappa shape index (κ3) is 3.14. The Hall–Kier alpha value is -0.840. The molecule has 0 fully saturated rings. The molecule has 0 aliphatic carbocycles. The van der Waals surface area contributed by atoms with Crippen molar-refractivity contribution in [2.75, 3.05) is 6.61 Å². The summed E-state index contributed by atoms with van der Waals surface area (Å²) in [6, 6.07) is 1.77. The van der Waals surface area contributed by atoms with Crippen molar-refractivity contribution in [3.05, 3.63) is 18.0 Å². The van der Waals surface area contributed by atoms with Gasteiger partial charge in [0.2, 0.25) is 0 Å². The highest BCUT2D eigenvalue weighted by Gasteiger charge is 2.06. The standard InChI is InChI=1S/C9H13BrN2O2/c1-2-3-6-14-9(13)12-5-4-8(7-10)11-12/h4-5H,2-3,6-7H2,1H3. The Bertz CT molecular complexity index is 299. The average molecular weight is 261 g/mol. The number of carbonyl (C=O) groups is 1. The summed E-state index contributed by atoms with van der Waals surface area (Å²) in [7, 11) is 0. The fourth-order valence-corrected chi connectivity index (χ4v) is 1.20. The van der Waals surface area contributed by atoms with Crippen LogP contribution in [0.15, 0.2) is 12.3 Å². The van der Waals surface area contributed by atoms with Crippen LogP contribution >= 0.6 is 15.9 Å². The molecule has 0 atom stereocenters. The highest BCUT2D eigenvalue weighted by atomic mass is 79.9. The fraction of sp³-hybridized carbons (Fsp3) is 0.556. The Morgan fingerprint density at radius 1 is 1.71 bits per heavy atom. The monoisotopic (exact) mass is 260 g/mol. The molecule has 1 aromatic heterocycles. The van der Waals surface area contributed by atoms with Crippen molar-refractivity contribution in [3.63, 3.8) is 0 Å². The number of ether oxygens (including phenoxy) is 1. The highest BCUT2D eigenvalue weighted by Crippen LogP contribution is 2.02. The van der Waals surface area contributed by atoms with E-state index in [1.165, 1.54) is 4.68 Å². The van der Waals surface area contributed by atoms with E-state index in [2.05, 4.69) is 21.0 Å². The Balaban J connectivity index is 2.44. The number of carbonyl (C=O) groups excluding carboxylic acids is 1. The van der Waals surface area contributed by atoms with Gasteiger partial charge in [-0.3, -0.25) is 0 Å². The van der Waals surface area contributed by atoms with Crippen molar-refractivity contribution >= 4 is 22.0 Å². The minimum atomic E-state index is -0.411. The van der Waals surface area contributed by atoms with Crippen LogP contribution in [0.25, 0.3) is 0 Å². The second-order valence-electron chi connectivity index (χ2n) is 2.85. The lowest BCUT2D eigenvalue weighted by Crippen LogP contribution is -2.15. The van der Waals surface area contributed by atoms with Crippen molar-refractivity contribution in [1.29, 1.82) is 0 Å². The van der Waals surface area contributed by atoms with Gasteiger partial charge in [0.25, 0.3) is 0 Å². The molecule has 0 aromatic carbocycles. The van der Waals surface area contributed by atoms with Crippen LogP contribution in [0.3, 0.4) is 0 Å². The molecule has 0 N–H and O–H groups in total. The summed E-state index contributed by atoms with van der Waals surface area (Å²) < 4.78 is 6.19. The molecule has 0 unspecified atom stereocenters. The fourth-order valence-electron chi connectivity index (χ4n) is 0.905. The van der Waals surface area contributed by atoms with Crippen LogP contribution in [0.4, 0.5) is 4.79 Å². The number of nitrogens with zero attached hydrogens (tertiary/aromatic N) is 2. The normalized spacial score (nSPS) is 10.1.